The smallest absolute Gasteiger partial charge is 0.00676 e. The van der Waals surface area contributed by atoms with Gasteiger partial charge in [0, 0.05) is 0 Å². The van der Waals surface area contributed by atoms with Crippen LogP contribution in [0.3, 0.4) is 0 Å². The van der Waals surface area contributed by atoms with Gasteiger partial charge in [-0.3, -0.25) is 0 Å². The molecule has 0 saturated heterocycles. The largest absolute Gasteiger partial charge is 0.165 e. The SMILES string of the molecule is CC[CH]CCSC. The molecule has 0 fully saturated rings. The van der Waals surface area contributed by atoms with Gasteiger partial charge in [0.1, 0.15) is 0 Å². The molecule has 0 rings (SSSR count). The normalized spacial score (nSPS) is 9.43. The minimum absolute atomic E-state index is 1.22. The Hall–Kier alpha value is 0.350. The van der Waals surface area contributed by atoms with Gasteiger partial charge in [0.2, 0.25) is 0 Å². The van der Waals surface area contributed by atoms with Gasteiger partial charge in [-0.1, -0.05) is 13.3 Å². The van der Waals surface area contributed by atoms with Gasteiger partial charge in [0.15, 0.2) is 0 Å². The highest BCUT2D eigenvalue weighted by Gasteiger charge is 1.80. The van der Waals surface area contributed by atoms with E-state index in [2.05, 4.69) is 19.6 Å². The van der Waals surface area contributed by atoms with Gasteiger partial charge in [-0.05, 0) is 24.9 Å². The average Bonchev–Trinajstić information content (AvgIpc) is 1.69. The molecule has 0 atom stereocenters. The van der Waals surface area contributed by atoms with Crippen LogP contribution < -0.4 is 0 Å². The Labute approximate surface area is 50.7 Å². The molecular weight excluding hydrogens is 104 g/mol. The van der Waals surface area contributed by atoms with Gasteiger partial charge in [-0.2, -0.15) is 11.8 Å². The molecule has 0 saturated carbocycles. The van der Waals surface area contributed by atoms with E-state index in [9.17, 15) is 0 Å². The van der Waals surface area contributed by atoms with Crippen molar-refractivity contribution in [3.63, 3.8) is 0 Å². The Morgan fingerprint density at radius 1 is 1.57 bits per heavy atom. The second-order valence-corrected chi connectivity index (χ2v) is 2.46. The van der Waals surface area contributed by atoms with Gasteiger partial charge in [-0.15, -0.1) is 0 Å². The molecule has 1 radical (unpaired) electrons. The predicted molar refractivity (Wildman–Crippen MR) is 37.6 cm³/mol. The van der Waals surface area contributed by atoms with Crippen LogP contribution in [0.1, 0.15) is 19.8 Å². The van der Waals surface area contributed by atoms with E-state index in [0.717, 1.165) is 0 Å². The molecule has 7 heavy (non-hydrogen) atoms. The summed E-state index contributed by atoms with van der Waals surface area (Å²) in [6, 6.07) is 0. The Balaban J connectivity index is 2.45. The van der Waals surface area contributed by atoms with Crippen molar-refractivity contribution in [2.45, 2.75) is 19.8 Å². The monoisotopic (exact) mass is 117 g/mol. The third-order valence-electron chi connectivity index (χ3n) is 0.815. The van der Waals surface area contributed by atoms with E-state index >= 15 is 0 Å². The van der Waals surface area contributed by atoms with E-state index in [4.69, 9.17) is 0 Å². The van der Waals surface area contributed by atoms with Crippen LogP contribution in [-0.4, -0.2) is 12.0 Å². The summed E-state index contributed by atoms with van der Waals surface area (Å²) < 4.78 is 0. The van der Waals surface area contributed by atoms with E-state index in [1.165, 1.54) is 18.6 Å². The molecule has 0 aliphatic rings. The highest BCUT2D eigenvalue weighted by molar-refractivity contribution is 7.98. The van der Waals surface area contributed by atoms with Crippen LogP contribution in [-0.2, 0) is 0 Å². The van der Waals surface area contributed by atoms with Crippen molar-refractivity contribution in [2.24, 2.45) is 0 Å². The quantitative estimate of drug-likeness (QED) is 0.509. The van der Waals surface area contributed by atoms with E-state index in [0.29, 0.717) is 0 Å². The van der Waals surface area contributed by atoms with E-state index < -0.39 is 0 Å². The Morgan fingerprint density at radius 3 is 2.71 bits per heavy atom. The Kier molecular flexibility index (Phi) is 6.67. The average molecular weight is 117 g/mol. The fourth-order valence-corrected chi connectivity index (χ4v) is 0.808. The predicted octanol–water partition coefficient (Wildman–Crippen LogP) is 2.35. The van der Waals surface area contributed by atoms with E-state index in [-0.39, 0.29) is 0 Å². The summed E-state index contributed by atoms with van der Waals surface area (Å²) in [7, 11) is 0. The molecule has 0 spiro atoms. The van der Waals surface area contributed by atoms with Crippen LogP contribution in [0.15, 0.2) is 0 Å². The zero-order chi connectivity index (χ0) is 5.54. The minimum atomic E-state index is 1.22. The first-order valence-electron chi connectivity index (χ1n) is 2.72. The molecular formula is C6H13S. The highest BCUT2D eigenvalue weighted by atomic mass is 32.2. The maximum absolute atomic E-state index is 2.32. The lowest BCUT2D eigenvalue weighted by atomic mass is 10.3. The summed E-state index contributed by atoms with van der Waals surface area (Å²) in [5, 5.41) is 0. The van der Waals surface area contributed by atoms with Gasteiger partial charge in [0.05, 0.1) is 0 Å². The first-order valence-corrected chi connectivity index (χ1v) is 4.11. The van der Waals surface area contributed by atoms with Crippen LogP contribution >= 0.6 is 11.8 Å². The second kappa shape index (κ2) is 6.35. The number of rotatable bonds is 4. The molecule has 0 aliphatic carbocycles. The number of thioether (sulfide) groups is 1. The number of unbranched alkanes of at least 4 members (excludes halogenated alkanes) is 2. The maximum Gasteiger partial charge on any atom is -0.00676 e. The standard InChI is InChI=1S/C6H13S/c1-3-4-5-6-7-2/h4H,3,5-6H2,1-2H3. The lowest BCUT2D eigenvalue weighted by Gasteiger charge is -1.90. The number of hydrogen-bond donors (Lipinski definition) is 0. The van der Waals surface area contributed by atoms with Crippen molar-refractivity contribution in [3.05, 3.63) is 6.42 Å². The van der Waals surface area contributed by atoms with Gasteiger partial charge < -0.3 is 0 Å². The summed E-state index contributed by atoms with van der Waals surface area (Å²) in [5.74, 6) is 1.29. The topological polar surface area (TPSA) is 0 Å². The van der Waals surface area contributed by atoms with Gasteiger partial charge in [-0.25, -0.2) is 0 Å². The van der Waals surface area contributed by atoms with E-state index in [1.807, 2.05) is 11.8 Å². The summed E-state index contributed by atoms with van der Waals surface area (Å²) in [4.78, 5) is 0. The number of hydrogen-bond acceptors (Lipinski definition) is 1. The third kappa shape index (κ3) is 6.35. The first kappa shape index (κ1) is 7.35. The molecule has 0 aromatic heterocycles. The molecule has 0 nitrogen and oxygen atoms in total. The van der Waals surface area contributed by atoms with Crippen molar-refractivity contribution < 1.29 is 0 Å². The zero-order valence-electron chi connectivity index (χ0n) is 5.11. The minimum Gasteiger partial charge on any atom is -0.165 e. The molecule has 0 N–H and O–H groups in total. The van der Waals surface area contributed by atoms with Crippen LogP contribution in [0.5, 0.6) is 0 Å². The van der Waals surface area contributed by atoms with Crippen LogP contribution in [0.25, 0.3) is 0 Å². The second-order valence-electron chi connectivity index (χ2n) is 1.48. The van der Waals surface area contributed by atoms with Crippen LogP contribution in [0.2, 0.25) is 0 Å². The highest BCUT2D eigenvalue weighted by Crippen LogP contribution is 1.99. The lowest BCUT2D eigenvalue weighted by molar-refractivity contribution is 0.980. The maximum atomic E-state index is 2.32. The summed E-state index contributed by atoms with van der Waals surface area (Å²) in [6.45, 7) is 2.18. The molecule has 0 aromatic carbocycles. The molecule has 1 heteroatoms. The lowest BCUT2D eigenvalue weighted by Crippen LogP contribution is -1.76. The van der Waals surface area contributed by atoms with Crippen molar-refractivity contribution >= 4 is 11.8 Å². The molecule has 0 heterocycles. The molecule has 43 valence electrons. The molecule has 0 aromatic rings. The first-order chi connectivity index (χ1) is 3.41. The fourth-order valence-electron chi connectivity index (χ4n) is 0.405. The molecule has 0 unspecified atom stereocenters. The molecule has 0 aliphatic heterocycles. The molecule has 0 amide bonds. The van der Waals surface area contributed by atoms with Crippen molar-refractivity contribution in [1.82, 2.24) is 0 Å². The summed E-state index contributed by atoms with van der Waals surface area (Å²) >= 11 is 1.91. The fraction of sp³-hybridized carbons (Fsp3) is 0.833. The van der Waals surface area contributed by atoms with Crippen molar-refractivity contribution in [2.75, 3.05) is 12.0 Å². The van der Waals surface area contributed by atoms with Crippen LogP contribution in [0, 0.1) is 6.42 Å². The van der Waals surface area contributed by atoms with Crippen molar-refractivity contribution in [3.8, 4) is 0 Å². The van der Waals surface area contributed by atoms with Crippen molar-refractivity contribution in [1.29, 1.82) is 0 Å². The van der Waals surface area contributed by atoms with Gasteiger partial charge >= 0.3 is 0 Å². The summed E-state index contributed by atoms with van der Waals surface area (Å²) in [5.41, 5.74) is 0. The molecule has 0 bridgehead atoms. The Bertz CT molecular complexity index is 23.4. The van der Waals surface area contributed by atoms with E-state index in [1.54, 1.807) is 0 Å². The zero-order valence-corrected chi connectivity index (χ0v) is 5.92. The van der Waals surface area contributed by atoms with Crippen LogP contribution in [0.4, 0.5) is 0 Å². The third-order valence-corrected chi connectivity index (χ3v) is 1.46. The summed E-state index contributed by atoms with van der Waals surface area (Å²) in [6.07, 6.45) is 6.96. The van der Waals surface area contributed by atoms with Gasteiger partial charge in [0.25, 0.3) is 0 Å². The Morgan fingerprint density at radius 2 is 2.29 bits per heavy atom.